The summed E-state index contributed by atoms with van der Waals surface area (Å²) >= 11 is 0. The van der Waals surface area contributed by atoms with Crippen LogP contribution in [0.4, 0.5) is 0 Å². The Morgan fingerprint density at radius 3 is 2.39 bits per heavy atom. The van der Waals surface area contributed by atoms with Gasteiger partial charge >= 0.3 is 0 Å². The van der Waals surface area contributed by atoms with Crippen LogP contribution in [0, 0.1) is 6.92 Å². The van der Waals surface area contributed by atoms with Crippen molar-refractivity contribution < 1.29 is 14.3 Å². The fraction of sp³-hybridized carbons (Fsp3) is 0.316. The topological polar surface area (TPSA) is 62.5 Å². The first kappa shape index (κ1) is 17.0. The Kier molecular flexibility index (Phi) is 5.77. The van der Waals surface area contributed by atoms with Gasteiger partial charge in [0.2, 0.25) is 5.91 Å². The van der Waals surface area contributed by atoms with Crippen LogP contribution in [0.25, 0.3) is 6.08 Å². The van der Waals surface area contributed by atoms with Gasteiger partial charge in [0, 0.05) is 12.6 Å². The van der Waals surface area contributed by atoms with Crippen molar-refractivity contribution in [2.24, 2.45) is 0 Å². The molecule has 0 radical (unpaired) electrons. The molecule has 2 rings (SSSR count). The first-order chi connectivity index (χ1) is 11.0. The predicted molar refractivity (Wildman–Crippen MR) is 91.0 cm³/mol. The summed E-state index contributed by atoms with van der Waals surface area (Å²) in [6.45, 7) is 6.26. The highest BCUT2D eigenvalue weighted by molar-refractivity contribution is 5.91. The van der Waals surface area contributed by atoms with Crippen LogP contribution in [0.1, 0.15) is 48.5 Å². The van der Waals surface area contributed by atoms with Crippen LogP contribution >= 0.6 is 0 Å². The van der Waals surface area contributed by atoms with Crippen LogP contribution in [0.5, 0.6) is 0 Å². The van der Waals surface area contributed by atoms with E-state index in [4.69, 9.17) is 4.42 Å². The molecule has 2 aromatic rings. The van der Waals surface area contributed by atoms with Gasteiger partial charge in [-0.1, -0.05) is 38.1 Å². The van der Waals surface area contributed by atoms with Gasteiger partial charge in [-0.05, 0) is 42.2 Å². The van der Waals surface area contributed by atoms with Crippen LogP contribution in [0.3, 0.4) is 0 Å². The third kappa shape index (κ3) is 5.11. The van der Waals surface area contributed by atoms with Crippen molar-refractivity contribution in [1.82, 2.24) is 5.32 Å². The maximum Gasteiger partial charge on any atom is 0.244 e. The molecule has 1 unspecified atom stereocenters. The van der Waals surface area contributed by atoms with E-state index in [1.165, 1.54) is 11.6 Å². The summed E-state index contributed by atoms with van der Waals surface area (Å²) in [6.07, 6.45) is 2.28. The first-order valence-electron chi connectivity index (χ1n) is 7.76. The highest BCUT2D eigenvalue weighted by Gasteiger charge is 2.09. The third-order valence-electron chi connectivity index (χ3n) is 3.62. The fourth-order valence-electron chi connectivity index (χ4n) is 2.18. The molecule has 2 N–H and O–H groups in total. The van der Waals surface area contributed by atoms with Crippen molar-refractivity contribution in [3.63, 3.8) is 0 Å². The van der Waals surface area contributed by atoms with E-state index in [1.807, 2.05) is 37.3 Å². The van der Waals surface area contributed by atoms with Crippen molar-refractivity contribution in [2.45, 2.75) is 32.8 Å². The molecule has 1 aromatic heterocycles. The maximum absolute atomic E-state index is 11.8. The number of aryl methyl sites for hydroxylation is 1. The number of hydrogen-bond donors (Lipinski definition) is 2. The monoisotopic (exact) mass is 313 g/mol. The molecule has 0 saturated heterocycles. The van der Waals surface area contributed by atoms with Crippen molar-refractivity contribution >= 4 is 12.0 Å². The molecule has 0 saturated carbocycles. The third-order valence-corrected chi connectivity index (χ3v) is 3.62. The zero-order valence-corrected chi connectivity index (χ0v) is 13.7. The van der Waals surface area contributed by atoms with Gasteiger partial charge in [-0.25, -0.2) is 0 Å². The fourth-order valence-corrected chi connectivity index (χ4v) is 2.18. The second-order valence-electron chi connectivity index (χ2n) is 5.86. The lowest BCUT2D eigenvalue weighted by Crippen LogP contribution is -2.26. The molecule has 122 valence electrons. The maximum atomic E-state index is 11.8. The Labute approximate surface area is 136 Å². The summed E-state index contributed by atoms with van der Waals surface area (Å²) in [7, 11) is 0. The van der Waals surface area contributed by atoms with Gasteiger partial charge in [-0.2, -0.15) is 0 Å². The van der Waals surface area contributed by atoms with Gasteiger partial charge in [-0.15, -0.1) is 0 Å². The lowest BCUT2D eigenvalue weighted by atomic mass is 10.00. The van der Waals surface area contributed by atoms with E-state index in [-0.39, 0.29) is 12.5 Å². The molecular formula is C19H23NO3. The van der Waals surface area contributed by atoms with Crippen molar-refractivity contribution in [1.29, 1.82) is 0 Å². The predicted octanol–water partition coefficient (Wildman–Crippen LogP) is 3.57. The molecule has 1 amide bonds. The number of hydrogen-bond acceptors (Lipinski definition) is 3. The second kappa shape index (κ2) is 7.79. The molecule has 1 aromatic carbocycles. The number of nitrogens with one attached hydrogen (secondary N) is 1. The van der Waals surface area contributed by atoms with E-state index >= 15 is 0 Å². The molecule has 1 heterocycles. The van der Waals surface area contributed by atoms with E-state index in [2.05, 4.69) is 19.2 Å². The summed E-state index contributed by atoms with van der Waals surface area (Å²) in [5.41, 5.74) is 2.02. The summed E-state index contributed by atoms with van der Waals surface area (Å²) < 4.78 is 5.34. The van der Waals surface area contributed by atoms with Crippen molar-refractivity contribution in [3.05, 3.63) is 65.1 Å². The number of benzene rings is 1. The van der Waals surface area contributed by atoms with E-state index in [1.54, 1.807) is 12.1 Å². The van der Waals surface area contributed by atoms with E-state index in [9.17, 15) is 9.90 Å². The molecule has 0 aliphatic heterocycles. The molecule has 1 atom stereocenters. The van der Waals surface area contributed by atoms with Gasteiger partial charge in [-0.3, -0.25) is 4.79 Å². The lowest BCUT2D eigenvalue weighted by molar-refractivity contribution is -0.116. The van der Waals surface area contributed by atoms with Crippen LogP contribution < -0.4 is 5.32 Å². The largest absolute Gasteiger partial charge is 0.462 e. The Morgan fingerprint density at radius 2 is 1.83 bits per heavy atom. The van der Waals surface area contributed by atoms with E-state index in [0.717, 1.165) is 11.3 Å². The Hall–Kier alpha value is -2.33. The molecule has 0 spiro atoms. The summed E-state index contributed by atoms with van der Waals surface area (Å²) in [4.78, 5) is 11.8. The van der Waals surface area contributed by atoms with Gasteiger partial charge < -0.3 is 14.8 Å². The SMILES string of the molecule is Cc1ccc(/C=C/C(=O)NCC(O)c2ccc(C(C)C)cc2)o1. The molecule has 0 aliphatic rings. The quantitative estimate of drug-likeness (QED) is 0.801. The number of rotatable bonds is 6. The molecule has 0 bridgehead atoms. The Morgan fingerprint density at radius 1 is 1.17 bits per heavy atom. The van der Waals surface area contributed by atoms with Crippen LogP contribution in [-0.2, 0) is 4.79 Å². The zero-order valence-electron chi connectivity index (χ0n) is 13.7. The number of carbonyl (C=O) groups excluding carboxylic acids is 1. The smallest absolute Gasteiger partial charge is 0.244 e. The first-order valence-corrected chi connectivity index (χ1v) is 7.76. The summed E-state index contributed by atoms with van der Waals surface area (Å²) in [5, 5.41) is 12.8. The normalized spacial score (nSPS) is 12.7. The van der Waals surface area contributed by atoms with Crippen molar-refractivity contribution in [2.75, 3.05) is 6.54 Å². The Balaban J connectivity index is 1.84. The lowest BCUT2D eigenvalue weighted by Gasteiger charge is -2.13. The minimum absolute atomic E-state index is 0.168. The number of aliphatic hydroxyl groups is 1. The standard InChI is InChI=1S/C19H23NO3/c1-13(2)15-5-7-16(8-6-15)18(21)12-20-19(22)11-10-17-9-4-14(3)23-17/h4-11,13,18,21H,12H2,1-3H3,(H,20,22)/b11-10+. The average Bonchev–Trinajstić information content (AvgIpc) is 2.96. The van der Waals surface area contributed by atoms with Gasteiger partial charge in [0.1, 0.15) is 11.5 Å². The molecule has 0 aliphatic carbocycles. The minimum atomic E-state index is -0.723. The minimum Gasteiger partial charge on any atom is -0.462 e. The molecule has 4 heteroatoms. The molecule has 0 fully saturated rings. The van der Waals surface area contributed by atoms with Gasteiger partial charge in [0.15, 0.2) is 0 Å². The molecule has 4 nitrogen and oxygen atoms in total. The zero-order chi connectivity index (χ0) is 16.8. The van der Waals surface area contributed by atoms with Gasteiger partial charge in [0.25, 0.3) is 0 Å². The average molecular weight is 313 g/mol. The second-order valence-corrected chi connectivity index (χ2v) is 5.86. The van der Waals surface area contributed by atoms with E-state index < -0.39 is 6.10 Å². The highest BCUT2D eigenvalue weighted by Crippen LogP contribution is 2.18. The van der Waals surface area contributed by atoms with Crippen LogP contribution in [-0.4, -0.2) is 17.6 Å². The van der Waals surface area contributed by atoms with Gasteiger partial charge in [0.05, 0.1) is 6.10 Å². The number of furan rings is 1. The summed E-state index contributed by atoms with van der Waals surface area (Å²) in [5.74, 6) is 1.61. The van der Waals surface area contributed by atoms with Crippen LogP contribution in [0.2, 0.25) is 0 Å². The number of amides is 1. The molecular weight excluding hydrogens is 290 g/mol. The van der Waals surface area contributed by atoms with E-state index in [0.29, 0.717) is 11.7 Å². The Bertz CT molecular complexity index is 668. The number of carbonyl (C=O) groups is 1. The molecule has 23 heavy (non-hydrogen) atoms. The number of aliphatic hydroxyl groups excluding tert-OH is 1. The van der Waals surface area contributed by atoms with Crippen LogP contribution in [0.15, 0.2) is 46.9 Å². The summed E-state index contributed by atoms with van der Waals surface area (Å²) in [6, 6.07) is 11.4. The highest BCUT2D eigenvalue weighted by atomic mass is 16.3. The van der Waals surface area contributed by atoms with Crippen molar-refractivity contribution in [3.8, 4) is 0 Å².